The van der Waals surface area contributed by atoms with E-state index >= 15 is 0 Å². The highest BCUT2D eigenvalue weighted by molar-refractivity contribution is 4.43. The lowest BCUT2D eigenvalue weighted by atomic mass is 10.6. The molecule has 0 aliphatic heterocycles. The van der Waals surface area contributed by atoms with Crippen LogP contribution in [-0.4, -0.2) is 26.2 Å². The van der Waals surface area contributed by atoms with Crippen molar-refractivity contribution in [3.63, 3.8) is 0 Å². The molecule has 0 saturated carbocycles. The van der Waals surface area contributed by atoms with Crippen molar-refractivity contribution in [2.75, 3.05) is 26.2 Å². The number of hydroxylamine groups is 1. The molecule has 0 bridgehead atoms. The van der Waals surface area contributed by atoms with Crippen LogP contribution in [0.4, 0.5) is 0 Å². The SMILES string of the molecule is NCCNCC[NH2+][O-]. The molecule has 0 heterocycles. The maximum atomic E-state index is 9.70. The molecule has 0 aromatic rings. The zero-order chi connectivity index (χ0) is 6.24. The lowest BCUT2D eigenvalue weighted by Gasteiger charge is -2.01. The van der Waals surface area contributed by atoms with Crippen LogP contribution in [0.15, 0.2) is 0 Å². The molecule has 5 N–H and O–H groups in total. The van der Waals surface area contributed by atoms with Gasteiger partial charge in [-0.2, -0.15) is 0 Å². The predicted molar refractivity (Wildman–Crippen MR) is 32.1 cm³/mol. The van der Waals surface area contributed by atoms with E-state index < -0.39 is 0 Å². The Kier molecular flexibility index (Phi) is 6.70. The fraction of sp³-hybridized carbons (Fsp3) is 1.00. The Morgan fingerprint density at radius 1 is 1.50 bits per heavy atom. The van der Waals surface area contributed by atoms with Gasteiger partial charge in [-0.1, -0.05) is 0 Å². The van der Waals surface area contributed by atoms with Crippen LogP contribution in [0.25, 0.3) is 0 Å². The van der Waals surface area contributed by atoms with Gasteiger partial charge >= 0.3 is 0 Å². The molecule has 0 rings (SSSR count). The van der Waals surface area contributed by atoms with Crippen molar-refractivity contribution in [1.29, 1.82) is 0 Å². The van der Waals surface area contributed by atoms with E-state index in [0.717, 1.165) is 18.6 Å². The highest BCUT2D eigenvalue weighted by Crippen LogP contribution is 1.48. The summed E-state index contributed by atoms with van der Waals surface area (Å²) < 4.78 is 0. The second-order valence-electron chi connectivity index (χ2n) is 1.49. The highest BCUT2D eigenvalue weighted by atomic mass is 16.5. The Hall–Kier alpha value is -0.160. The zero-order valence-electron chi connectivity index (χ0n) is 4.89. The van der Waals surface area contributed by atoms with E-state index in [1.165, 1.54) is 0 Å². The van der Waals surface area contributed by atoms with Crippen LogP contribution in [0.5, 0.6) is 0 Å². The lowest BCUT2D eigenvalue weighted by Crippen LogP contribution is -2.79. The van der Waals surface area contributed by atoms with E-state index in [1.807, 2.05) is 0 Å². The van der Waals surface area contributed by atoms with Crippen molar-refractivity contribution in [2.24, 2.45) is 5.73 Å². The summed E-state index contributed by atoms with van der Waals surface area (Å²) in [6.07, 6.45) is 0. The van der Waals surface area contributed by atoms with Gasteiger partial charge in [-0.15, -0.1) is 0 Å². The summed E-state index contributed by atoms with van der Waals surface area (Å²) in [5.74, 6) is 0. The number of quaternary nitrogens is 1. The third kappa shape index (κ3) is 5.84. The smallest absolute Gasteiger partial charge is 0.0879 e. The van der Waals surface area contributed by atoms with E-state index in [4.69, 9.17) is 5.73 Å². The third-order valence-corrected chi connectivity index (χ3v) is 0.760. The third-order valence-electron chi connectivity index (χ3n) is 0.760. The number of hydrogen-bond donors (Lipinski definition) is 3. The maximum absolute atomic E-state index is 9.70. The van der Waals surface area contributed by atoms with Crippen molar-refractivity contribution in [1.82, 2.24) is 5.32 Å². The van der Waals surface area contributed by atoms with Gasteiger partial charge < -0.3 is 21.7 Å². The van der Waals surface area contributed by atoms with E-state index in [0.29, 0.717) is 13.1 Å². The second-order valence-corrected chi connectivity index (χ2v) is 1.49. The lowest BCUT2D eigenvalue weighted by molar-refractivity contribution is -0.586. The van der Waals surface area contributed by atoms with Crippen LogP contribution >= 0.6 is 0 Å². The van der Waals surface area contributed by atoms with Gasteiger partial charge in [-0.05, 0) is 0 Å². The highest BCUT2D eigenvalue weighted by Gasteiger charge is 1.80. The van der Waals surface area contributed by atoms with E-state index in [-0.39, 0.29) is 0 Å². The molecule has 0 saturated heterocycles. The minimum atomic E-state index is 0.583. The molecule has 4 nitrogen and oxygen atoms in total. The van der Waals surface area contributed by atoms with Crippen molar-refractivity contribution >= 4 is 0 Å². The number of nitrogens with one attached hydrogen (secondary N) is 1. The summed E-state index contributed by atoms with van der Waals surface area (Å²) in [6, 6.07) is 0. The molecule has 0 aliphatic rings. The summed E-state index contributed by atoms with van der Waals surface area (Å²) >= 11 is 0. The molecule has 0 spiro atoms. The molecular weight excluding hydrogens is 106 g/mol. The van der Waals surface area contributed by atoms with Gasteiger partial charge in [0.2, 0.25) is 0 Å². The molecule has 0 aromatic carbocycles. The fourth-order valence-electron chi connectivity index (χ4n) is 0.388. The average Bonchev–Trinajstić information content (AvgIpc) is 1.81. The minimum Gasteiger partial charge on any atom is -0.636 e. The first-order valence-electron chi connectivity index (χ1n) is 2.76. The van der Waals surface area contributed by atoms with E-state index in [1.54, 1.807) is 0 Å². The molecule has 0 unspecified atom stereocenters. The summed E-state index contributed by atoms with van der Waals surface area (Å²) in [4.78, 5) is 0. The van der Waals surface area contributed by atoms with Crippen LogP contribution in [0.2, 0.25) is 0 Å². The number of rotatable bonds is 5. The topological polar surface area (TPSA) is 77.7 Å². The first kappa shape index (κ1) is 7.84. The van der Waals surface area contributed by atoms with Crippen molar-refractivity contribution in [3.05, 3.63) is 5.21 Å². The van der Waals surface area contributed by atoms with Gasteiger partial charge in [0.25, 0.3) is 0 Å². The number of nitrogens with two attached hydrogens (primary N) is 2. The van der Waals surface area contributed by atoms with Gasteiger partial charge in [-0.3, -0.25) is 0 Å². The standard InChI is InChI=1S/C4H13N3O/c5-1-2-6-3-4-7-8/h6H,1-5,7H2. The summed E-state index contributed by atoms with van der Waals surface area (Å²) in [5, 5.41) is 12.7. The van der Waals surface area contributed by atoms with Gasteiger partial charge in [0.15, 0.2) is 0 Å². The van der Waals surface area contributed by atoms with Crippen LogP contribution in [0, 0.1) is 5.21 Å². The molecule has 0 radical (unpaired) electrons. The second kappa shape index (κ2) is 6.84. The van der Waals surface area contributed by atoms with Crippen LogP contribution in [0.3, 0.4) is 0 Å². The molecule has 50 valence electrons. The van der Waals surface area contributed by atoms with Crippen LogP contribution in [0.1, 0.15) is 0 Å². The number of hydrogen-bond acceptors (Lipinski definition) is 3. The zero-order valence-corrected chi connectivity index (χ0v) is 4.89. The molecule has 0 aromatic heterocycles. The average molecular weight is 119 g/mol. The monoisotopic (exact) mass is 119 g/mol. The maximum Gasteiger partial charge on any atom is 0.0879 e. The normalized spacial score (nSPS) is 9.75. The quantitative estimate of drug-likeness (QED) is 0.279. The van der Waals surface area contributed by atoms with Gasteiger partial charge in [0, 0.05) is 19.6 Å². The molecule has 0 amide bonds. The largest absolute Gasteiger partial charge is 0.636 e. The Morgan fingerprint density at radius 3 is 2.75 bits per heavy atom. The Labute approximate surface area is 49.0 Å². The first-order chi connectivity index (χ1) is 3.91. The van der Waals surface area contributed by atoms with Crippen molar-refractivity contribution < 1.29 is 5.48 Å². The first-order valence-corrected chi connectivity index (χ1v) is 2.76. The van der Waals surface area contributed by atoms with Gasteiger partial charge in [0.1, 0.15) is 0 Å². The summed E-state index contributed by atoms with van der Waals surface area (Å²) in [6.45, 7) is 2.77. The molecule has 4 heteroatoms. The molecule has 0 fully saturated rings. The summed E-state index contributed by atoms with van der Waals surface area (Å²) in [7, 11) is 0. The minimum absolute atomic E-state index is 0.583. The van der Waals surface area contributed by atoms with Crippen LogP contribution < -0.4 is 16.5 Å². The Morgan fingerprint density at radius 2 is 2.25 bits per heavy atom. The van der Waals surface area contributed by atoms with Crippen molar-refractivity contribution in [3.8, 4) is 0 Å². The van der Waals surface area contributed by atoms with E-state index in [9.17, 15) is 5.21 Å². The van der Waals surface area contributed by atoms with Gasteiger partial charge in [0.05, 0.1) is 6.54 Å². The molecular formula is C4H13N3O. The summed E-state index contributed by atoms with van der Waals surface area (Å²) in [5.41, 5.74) is 6.05. The fourth-order valence-corrected chi connectivity index (χ4v) is 0.388. The van der Waals surface area contributed by atoms with Crippen molar-refractivity contribution in [2.45, 2.75) is 0 Å². The molecule has 0 aliphatic carbocycles. The Bertz CT molecular complexity index is 36.3. The molecule has 0 atom stereocenters. The van der Waals surface area contributed by atoms with Gasteiger partial charge in [-0.25, -0.2) is 0 Å². The Balaban J connectivity index is 2.53. The van der Waals surface area contributed by atoms with Crippen LogP contribution in [-0.2, 0) is 0 Å². The predicted octanol–water partition coefficient (Wildman–Crippen LogP) is -2.40. The molecule has 8 heavy (non-hydrogen) atoms. The van der Waals surface area contributed by atoms with E-state index in [2.05, 4.69) is 5.32 Å².